The van der Waals surface area contributed by atoms with E-state index in [1.165, 1.54) is 6.21 Å². The normalized spacial score (nSPS) is 16.9. The number of alkyl halides is 3. The molecule has 2 heterocycles. The molecule has 0 unspecified atom stereocenters. The minimum atomic E-state index is -4.49. The van der Waals surface area contributed by atoms with Gasteiger partial charge in [-0.3, -0.25) is 5.43 Å². The fourth-order valence-electron chi connectivity index (χ4n) is 3.23. The van der Waals surface area contributed by atoms with Crippen LogP contribution in [0.25, 0.3) is 0 Å². The SMILES string of the molecule is C=C1NN=CC(N2Cc3cccc(COCCCC)c3C2)=C1C(F)(F)F. The van der Waals surface area contributed by atoms with Gasteiger partial charge in [-0.15, -0.1) is 0 Å². The van der Waals surface area contributed by atoms with Crippen LogP contribution in [-0.2, 0) is 24.4 Å². The van der Waals surface area contributed by atoms with Gasteiger partial charge in [-0.05, 0) is 23.1 Å². The van der Waals surface area contributed by atoms with Crippen molar-refractivity contribution in [3.05, 3.63) is 58.4 Å². The first kappa shape index (κ1) is 18.5. The fraction of sp³-hybridized carbons (Fsp3) is 0.421. The summed E-state index contributed by atoms with van der Waals surface area (Å²) in [6.07, 6.45) is -1.21. The molecule has 0 aliphatic carbocycles. The Morgan fingerprint density at radius 1 is 1.31 bits per heavy atom. The molecule has 0 saturated heterocycles. The van der Waals surface area contributed by atoms with Crippen molar-refractivity contribution in [1.29, 1.82) is 0 Å². The fourth-order valence-corrected chi connectivity index (χ4v) is 3.23. The van der Waals surface area contributed by atoms with E-state index in [1.807, 2.05) is 18.2 Å². The van der Waals surface area contributed by atoms with Gasteiger partial charge in [0.1, 0.15) is 5.57 Å². The second-order valence-electron chi connectivity index (χ2n) is 6.42. The Kier molecular flexibility index (Phi) is 5.36. The summed E-state index contributed by atoms with van der Waals surface area (Å²) in [5, 5.41) is 3.80. The van der Waals surface area contributed by atoms with E-state index < -0.39 is 11.7 Å². The maximum absolute atomic E-state index is 13.5. The highest BCUT2D eigenvalue weighted by molar-refractivity contribution is 5.82. The van der Waals surface area contributed by atoms with Crippen molar-refractivity contribution in [2.24, 2.45) is 5.10 Å². The molecule has 1 aromatic carbocycles. The third-order valence-electron chi connectivity index (χ3n) is 4.55. The Hall–Kier alpha value is -2.28. The van der Waals surface area contributed by atoms with Crippen LogP contribution in [-0.4, -0.2) is 23.9 Å². The van der Waals surface area contributed by atoms with Crippen molar-refractivity contribution in [3.63, 3.8) is 0 Å². The Balaban J connectivity index is 1.84. The molecule has 2 aliphatic heterocycles. The number of hydrazone groups is 1. The van der Waals surface area contributed by atoms with E-state index >= 15 is 0 Å². The van der Waals surface area contributed by atoms with E-state index in [0.717, 1.165) is 29.5 Å². The number of nitrogens with zero attached hydrogens (tertiary/aromatic N) is 2. The first-order valence-corrected chi connectivity index (χ1v) is 8.64. The molecule has 0 amide bonds. The summed E-state index contributed by atoms with van der Waals surface area (Å²) in [6, 6.07) is 5.85. The van der Waals surface area contributed by atoms with Crippen molar-refractivity contribution in [3.8, 4) is 0 Å². The zero-order chi connectivity index (χ0) is 18.7. The predicted molar refractivity (Wildman–Crippen MR) is 94.1 cm³/mol. The number of hydrogen-bond acceptors (Lipinski definition) is 4. The molecule has 0 saturated carbocycles. The molecule has 7 heteroatoms. The molecule has 26 heavy (non-hydrogen) atoms. The topological polar surface area (TPSA) is 36.9 Å². The quantitative estimate of drug-likeness (QED) is 0.766. The number of hydrogen-bond donors (Lipinski definition) is 1. The highest BCUT2D eigenvalue weighted by Gasteiger charge is 2.41. The molecule has 0 aromatic heterocycles. The average molecular weight is 365 g/mol. The Morgan fingerprint density at radius 3 is 2.85 bits per heavy atom. The van der Waals surface area contributed by atoms with Crippen LogP contribution < -0.4 is 5.43 Å². The lowest BCUT2D eigenvalue weighted by Gasteiger charge is -2.27. The van der Waals surface area contributed by atoms with Crippen LogP contribution in [0.15, 0.2) is 46.8 Å². The average Bonchev–Trinajstić information content (AvgIpc) is 3.02. The molecule has 3 rings (SSSR count). The third-order valence-corrected chi connectivity index (χ3v) is 4.55. The van der Waals surface area contributed by atoms with Gasteiger partial charge in [0, 0.05) is 19.7 Å². The first-order valence-electron chi connectivity index (χ1n) is 8.64. The van der Waals surface area contributed by atoms with E-state index in [9.17, 15) is 13.2 Å². The molecular weight excluding hydrogens is 343 g/mol. The number of rotatable bonds is 6. The summed E-state index contributed by atoms with van der Waals surface area (Å²) in [5.41, 5.74) is 4.46. The number of allylic oxidation sites excluding steroid dienone is 2. The standard InChI is InChI=1S/C19H22F3N3O/c1-3-4-8-26-12-15-7-5-6-14-10-25(11-16(14)15)17-9-23-24-13(2)18(17)19(20,21)22/h5-7,9,24H,2-4,8,10-12H2,1H3. The number of halogens is 3. The summed E-state index contributed by atoms with van der Waals surface area (Å²) in [7, 11) is 0. The van der Waals surface area contributed by atoms with Crippen LogP contribution in [0.2, 0.25) is 0 Å². The summed E-state index contributed by atoms with van der Waals surface area (Å²) < 4.78 is 46.1. The lowest BCUT2D eigenvalue weighted by molar-refractivity contribution is -0.0916. The lowest BCUT2D eigenvalue weighted by Crippen LogP contribution is -2.31. The molecule has 0 atom stereocenters. The molecule has 0 radical (unpaired) electrons. The lowest BCUT2D eigenvalue weighted by atomic mass is 10.0. The smallest absolute Gasteiger partial charge is 0.377 e. The number of nitrogens with one attached hydrogen (secondary N) is 1. The molecule has 0 spiro atoms. The highest BCUT2D eigenvalue weighted by atomic mass is 19.4. The van der Waals surface area contributed by atoms with Crippen LogP contribution in [0, 0.1) is 0 Å². The van der Waals surface area contributed by atoms with E-state index in [0.29, 0.717) is 26.3 Å². The van der Waals surface area contributed by atoms with E-state index in [2.05, 4.69) is 24.0 Å². The Bertz CT molecular complexity index is 753. The van der Waals surface area contributed by atoms with Gasteiger partial charge in [-0.2, -0.15) is 18.3 Å². The molecule has 4 nitrogen and oxygen atoms in total. The molecule has 1 aromatic rings. The van der Waals surface area contributed by atoms with Gasteiger partial charge < -0.3 is 9.64 Å². The van der Waals surface area contributed by atoms with Gasteiger partial charge in [0.2, 0.25) is 0 Å². The molecule has 0 fully saturated rings. The predicted octanol–water partition coefficient (Wildman–Crippen LogP) is 4.24. The van der Waals surface area contributed by atoms with Gasteiger partial charge in [0.15, 0.2) is 0 Å². The second kappa shape index (κ2) is 7.53. The van der Waals surface area contributed by atoms with E-state index in [1.54, 1.807) is 4.90 Å². The minimum Gasteiger partial charge on any atom is -0.377 e. The monoisotopic (exact) mass is 365 g/mol. The number of fused-ring (bicyclic) bond motifs is 1. The van der Waals surface area contributed by atoms with Crippen molar-refractivity contribution < 1.29 is 17.9 Å². The Morgan fingerprint density at radius 2 is 2.12 bits per heavy atom. The van der Waals surface area contributed by atoms with Gasteiger partial charge in [-0.1, -0.05) is 38.1 Å². The van der Waals surface area contributed by atoms with Crippen LogP contribution >= 0.6 is 0 Å². The van der Waals surface area contributed by atoms with Crippen LogP contribution in [0.1, 0.15) is 36.5 Å². The van der Waals surface area contributed by atoms with Crippen molar-refractivity contribution in [2.45, 2.75) is 45.6 Å². The zero-order valence-electron chi connectivity index (χ0n) is 14.7. The minimum absolute atomic E-state index is 0.0512. The number of unbranched alkanes of at least 4 members (excludes halogenated alkanes) is 1. The van der Waals surface area contributed by atoms with E-state index in [4.69, 9.17) is 4.74 Å². The second-order valence-corrected chi connectivity index (χ2v) is 6.42. The van der Waals surface area contributed by atoms with Gasteiger partial charge in [-0.25, -0.2) is 0 Å². The summed E-state index contributed by atoms with van der Waals surface area (Å²) in [4.78, 5) is 1.69. The Labute approximate surface area is 151 Å². The molecule has 140 valence electrons. The maximum Gasteiger partial charge on any atom is 0.420 e. The highest BCUT2D eigenvalue weighted by Crippen LogP contribution is 2.37. The summed E-state index contributed by atoms with van der Waals surface area (Å²) in [5.74, 6) is 0. The summed E-state index contributed by atoms with van der Waals surface area (Å²) in [6.45, 7) is 7.53. The zero-order valence-corrected chi connectivity index (χ0v) is 14.7. The maximum atomic E-state index is 13.5. The third kappa shape index (κ3) is 3.77. The molecule has 1 N–H and O–H groups in total. The van der Waals surface area contributed by atoms with Crippen molar-refractivity contribution in [2.75, 3.05) is 6.61 Å². The number of benzene rings is 1. The van der Waals surface area contributed by atoms with Crippen molar-refractivity contribution >= 4 is 6.21 Å². The molecule has 0 bridgehead atoms. The summed E-state index contributed by atoms with van der Waals surface area (Å²) >= 11 is 0. The van der Waals surface area contributed by atoms with Gasteiger partial charge >= 0.3 is 6.18 Å². The molecule has 2 aliphatic rings. The van der Waals surface area contributed by atoms with Gasteiger partial charge in [0.05, 0.1) is 24.2 Å². The molecular formula is C19H22F3N3O. The van der Waals surface area contributed by atoms with Crippen LogP contribution in [0.5, 0.6) is 0 Å². The van der Waals surface area contributed by atoms with Crippen LogP contribution in [0.4, 0.5) is 13.2 Å². The largest absolute Gasteiger partial charge is 0.420 e. The first-order chi connectivity index (χ1) is 12.4. The van der Waals surface area contributed by atoms with Crippen LogP contribution in [0.3, 0.4) is 0 Å². The number of ether oxygens (including phenoxy) is 1. The van der Waals surface area contributed by atoms with Gasteiger partial charge in [0.25, 0.3) is 0 Å². The van der Waals surface area contributed by atoms with E-state index in [-0.39, 0.29) is 11.4 Å². The van der Waals surface area contributed by atoms with Crippen molar-refractivity contribution in [1.82, 2.24) is 10.3 Å².